The van der Waals surface area contributed by atoms with Crippen molar-refractivity contribution in [2.75, 3.05) is 34.0 Å². The van der Waals surface area contributed by atoms with Crippen LogP contribution in [0.4, 0.5) is 0 Å². The predicted octanol–water partition coefficient (Wildman–Crippen LogP) is 1.73. The number of ether oxygens (including phenoxy) is 3. The lowest BCUT2D eigenvalue weighted by Gasteiger charge is -2.26. The van der Waals surface area contributed by atoms with Crippen molar-refractivity contribution in [2.45, 2.75) is 25.2 Å². The molecule has 1 N–H and O–H groups in total. The molecule has 1 saturated heterocycles. The highest BCUT2D eigenvalue weighted by molar-refractivity contribution is 5.21. The monoisotopic (exact) mass is 265 g/mol. The number of nitrogens with one attached hydrogen (secondary N) is 1. The summed E-state index contributed by atoms with van der Waals surface area (Å²) >= 11 is 0. The highest BCUT2D eigenvalue weighted by Gasteiger charge is 2.34. The van der Waals surface area contributed by atoms with Gasteiger partial charge < -0.3 is 19.5 Å². The predicted molar refractivity (Wildman–Crippen MR) is 74.0 cm³/mol. The van der Waals surface area contributed by atoms with Gasteiger partial charge >= 0.3 is 0 Å². The van der Waals surface area contributed by atoms with Crippen molar-refractivity contribution in [3.05, 3.63) is 35.4 Å². The van der Waals surface area contributed by atoms with Gasteiger partial charge in [-0.1, -0.05) is 24.3 Å². The van der Waals surface area contributed by atoms with Crippen molar-refractivity contribution in [3.8, 4) is 0 Å². The topological polar surface area (TPSA) is 39.7 Å². The molecule has 1 aromatic carbocycles. The van der Waals surface area contributed by atoms with Gasteiger partial charge in [-0.15, -0.1) is 0 Å². The van der Waals surface area contributed by atoms with E-state index in [9.17, 15) is 0 Å². The molecule has 1 unspecified atom stereocenters. The molecule has 0 radical (unpaired) electrons. The van der Waals surface area contributed by atoms with Gasteiger partial charge in [-0.25, -0.2) is 0 Å². The standard InChI is InChI=1S/C15H23NO3/c1-17-10-14-5-3-13(4-6-14)9-16-11-15(18-2)7-8-19-12-15/h3-6,16H,7-12H2,1-2H3. The quantitative estimate of drug-likeness (QED) is 0.815. The largest absolute Gasteiger partial charge is 0.380 e. The van der Waals surface area contributed by atoms with Crippen LogP contribution in [0.2, 0.25) is 0 Å². The average Bonchev–Trinajstić information content (AvgIpc) is 2.91. The van der Waals surface area contributed by atoms with Gasteiger partial charge in [-0.05, 0) is 11.1 Å². The molecule has 0 spiro atoms. The van der Waals surface area contributed by atoms with Crippen molar-refractivity contribution >= 4 is 0 Å². The lowest BCUT2D eigenvalue weighted by atomic mass is 10.0. The summed E-state index contributed by atoms with van der Waals surface area (Å²) in [6, 6.07) is 8.47. The fourth-order valence-corrected chi connectivity index (χ4v) is 2.32. The second-order valence-corrected chi connectivity index (χ2v) is 5.04. The molecule has 0 aliphatic carbocycles. The molecule has 1 heterocycles. The Bertz CT molecular complexity index is 371. The van der Waals surface area contributed by atoms with Crippen LogP contribution in [0.25, 0.3) is 0 Å². The SMILES string of the molecule is COCc1ccc(CNCC2(OC)CCOC2)cc1. The molecule has 1 aromatic rings. The summed E-state index contributed by atoms with van der Waals surface area (Å²) in [6.45, 7) is 3.81. The van der Waals surface area contributed by atoms with Gasteiger partial charge in [0, 0.05) is 40.3 Å². The highest BCUT2D eigenvalue weighted by Crippen LogP contribution is 2.21. The van der Waals surface area contributed by atoms with Crippen molar-refractivity contribution in [1.29, 1.82) is 0 Å². The Morgan fingerprint density at radius 1 is 1.21 bits per heavy atom. The molecule has 1 aliphatic heterocycles. The van der Waals surface area contributed by atoms with Crippen LogP contribution in [0, 0.1) is 0 Å². The first-order chi connectivity index (χ1) is 9.28. The molecule has 106 valence electrons. The van der Waals surface area contributed by atoms with Crippen LogP contribution in [-0.2, 0) is 27.4 Å². The molecule has 0 aromatic heterocycles. The molecule has 4 heteroatoms. The van der Waals surface area contributed by atoms with Crippen LogP contribution in [0.15, 0.2) is 24.3 Å². The highest BCUT2D eigenvalue weighted by atomic mass is 16.5. The second-order valence-electron chi connectivity index (χ2n) is 5.04. The Kier molecular flexibility index (Phi) is 5.34. The van der Waals surface area contributed by atoms with Crippen LogP contribution in [-0.4, -0.2) is 39.6 Å². The first-order valence-corrected chi connectivity index (χ1v) is 6.68. The minimum absolute atomic E-state index is 0.143. The number of rotatable bonds is 7. The smallest absolute Gasteiger partial charge is 0.106 e. The fraction of sp³-hybridized carbons (Fsp3) is 0.600. The molecular formula is C15H23NO3. The normalized spacial score (nSPS) is 22.8. The van der Waals surface area contributed by atoms with E-state index in [0.717, 1.165) is 26.1 Å². The van der Waals surface area contributed by atoms with Crippen molar-refractivity contribution in [2.24, 2.45) is 0 Å². The van der Waals surface area contributed by atoms with E-state index in [1.54, 1.807) is 14.2 Å². The van der Waals surface area contributed by atoms with Gasteiger partial charge in [0.2, 0.25) is 0 Å². The summed E-state index contributed by atoms with van der Waals surface area (Å²) in [7, 11) is 3.47. The molecule has 0 saturated carbocycles. The summed E-state index contributed by atoms with van der Waals surface area (Å²) < 4.78 is 16.1. The molecule has 2 rings (SSSR count). The molecule has 0 bridgehead atoms. The minimum atomic E-state index is -0.143. The maximum absolute atomic E-state index is 5.58. The third-order valence-electron chi connectivity index (χ3n) is 3.61. The van der Waals surface area contributed by atoms with Crippen LogP contribution in [0.5, 0.6) is 0 Å². The van der Waals surface area contributed by atoms with Crippen molar-refractivity contribution in [1.82, 2.24) is 5.32 Å². The van der Waals surface area contributed by atoms with Crippen molar-refractivity contribution < 1.29 is 14.2 Å². The first kappa shape index (κ1) is 14.5. The van der Waals surface area contributed by atoms with Crippen LogP contribution in [0.3, 0.4) is 0 Å². The molecular weight excluding hydrogens is 242 g/mol. The summed E-state index contributed by atoms with van der Waals surface area (Å²) in [6.07, 6.45) is 0.962. The molecule has 1 aliphatic rings. The maximum atomic E-state index is 5.58. The molecule has 4 nitrogen and oxygen atoms in total. The van der Waals surface area contributed by atoms with Gasteiger partial charge in [0.25, 0.3) is 0 Å². The third-order valence-corrected chi connectivity index (χ3v) is 3.61. The maximum Gasteiger partial charge on any atom is 0.106 e. The fourth-order valence-electron chi connectivity index (χ4n) is 2.32. The Morgan fingerprint density at radius 2 is 1.95 bits per heavy atom. The zero-order chi connectivity index (χ0) is 13.6. The van der Waals surface area contributed by atoms with Crippen molar-refractivity contribution in [3.63, 3.8) is 0 Å². The van der Waals surface area contributed by atoms with Crippen LogP contribution < -0.4 is 5.32 Å². The molecule has 19 heavy (non-hydrogen) atoms. The van der Waals surface area contributed by atoms with E-state index >= 15 is 0 Å². The molecule has 1 atom stereocenters. The van der Waals surface area contributed by atoms with E-state index in [0.29, 0.717) is 13.2 Å². The van der Waals surface area contributed by atoms with Gasteiger partial charge in [0.05, 0.1) is 13.2 Å². The van der Waals surface area contributed by atoms with E-state index in [2.05, 4.69) is 29.6 Å². The number of hydrogen-bond donors (Lipinski definition) is 1. The summed E-state index contributed by atoms with van der Waals surface area (Å²) in [5, 5.41) is 3.45. The summed E-state index contributed by atoms with van der Waals surface area (Å²) in [5.74, 6) is 0. The second kappa shape index (κ2) is 7.01. The minimum Gasteiger partial charge on any atom is -0.380 e. The lowest BCUT2D eigenvalue weighted by molar-refractivity contribution is -0.0159. The van der Waals surface area contributed by atoms with Gasteiger partial charge in [0.1, 0.15) is 5.60 Å². The molecule has 0 amide bonds. The Labute approximate surface area is 115 Å². The first-order valence-electron chi connectivity index (χ1n) is 6.68. The van der Waals surface area contributed by atoms with Gasteiger partial charge in [0.15, 0.2) is 0 Å². The van der Waals surface area contributed by atoms with Gasteiger partial charge in [-0.3, -0.25) is 0 Å². The summed E-state index contributed by atoms with van der Waals surface area (Å²) in [5.41, 5.74) is 2.32. The lowest BCUT2D eigenvalue weighted by Crippen LogP contribution is -2.42. The average molecular weight is 265 g/mol. The van der Waals surface area contributed by atoms with E-state index in [1.807, 2.05) is 0 Å². The van der Waals surface area contributed by atoms with E-state index in [-0.39, 0.29) is 5.60 Å². The van der Waals surface area contributed by atoms with Gasteiger partial charge in [-0.2, -0.15) is 0 Å². The number of benzene rings is 1. The van der Waals surface area contributed by atoms with Crippen LogP contribution >= 0.6 is 0 Å². The Balaban J connectivity index is 1.78. The third kappa shape index (κ3) is 4.01. The number of methoxy groups -OCH3 is 2. The van der Waals surface area contributed by atoms with Crippen LogP contribution in [0.1, 0.15) is 17.5 Å². The Morgan fingerprint density at radius 3 is 2.53 bits per heavy atom. The number of hydrogen-bond acceptors (Lipinski definition) is 4. The Hall–Kier alpha value is -0.940. The van der Waals surface area contributed by atoms with E-state index < -0.39 is 0 Å². The zero-order valence-electron chi connectivity index (χ0n) is 11.8. The van der Waals surface area contributed by atoms with E-state index in [1.165, 1.54) is 11.1 Å². The zero-order valence-corrected chi connectivity index (χ0v) is 11.8. The van der Waals surface area contributed by atoms with E-state index in [4.69, 9.17) is 14.2 Å². The summed E-state index contributed by atoms with van der Waals surface area (Å²) in [4.78, 5) is 0. The molecule has 1 fully saturated rings.